The third-order valence-electron chi connectivity index (χ3n) is 7.54. The second kappa shape index (κ2) is 14.1. The second-order valence-electron chi connectivity index (χ2n) is 11.1. The number of nitrogens with zero attached hydrogens (tertiary/aromatic N) is 3. The Labute approximate surface area is 248 Å². The van der Waals surface area contributed by atoms with Gasteiger partial charge < -0.3 is 23.4 Å². The van der Waals surface area contributed by atoms with Crippen LogP contribution < -0.4 is 10.4 Å². The van der Waals surface area contributed by atoms with E-state index >= 15 is 0 Å². The van der Waals surface area contributed by atoms with E-state index in [4.69, 9.17) is 23.4 Å². The Morgan fingerprint density at radius 3 is 1.95 bits per heavy atom. The molecule has 0 bridgehead atoms. The maximum Gasteiger partial charge on any atom is 0.338 e. The van der Waals surface area contributed by atoms with Crippen LogP contribution in [0.2, 0.25) is 5.04 Å². The molecule has 0 amide bonds. The van der Waals surface area contributed by atoms with Gasteiger partial charge in [-0.25, -0.2) is 4.79 Å². The summed E-state index contributed by atoms with van der Waals surface area (Å²) in [7, 11) is -1.41. The number of esters is 1. The Morgan fingerprint density at radius 2 is 1.48 bits per heavy atom. The number of benzene rings is 3. The number of methoxy groups -OCH3 is 1. The molecule has 0 spiro atoms. The van der Waals surface area contributed by atoms with Crippen molar-refractivity contribution >= 4 is 24.7 Å². The number of hydrogen-bond acceptors (Lipinski definition) is 7. The average molecular weight is 590 g/mol. The van der Waals surface area contributed by atoms with Gasteiger partial charge in [-0.1, -0.05) is 105 Å². The summed E-state index contributed by atoms with van der Waals surface area (Å²) in [4.78, 5) is 16.2. The molecule has 4 rings (SSSR count). The van der Waals surface area contributed by atoms with E-state index in [1.807, 2.05) is 49.4 Å². The Morgan fingerprint density at radius 1 is 0.929 bits per heavy atom. The predicted molar refractivity (Wildman–Crippen MR) is 163 cm³/mol. The van der Waals surface area contributed by atoms with Crippen LogP contribution in [-0.4, -0.2) is 65.3 Å². The van der Waals surface area contributed by atoms with Gasteiger partial charge in [0.1, 0.15) is 24.4 Å². The van der Waals surface area contributed by atoms with Gasteiger partial charge in [0, 0.05) is 18.6 Å². The van der Waals surface area contributed by atoms with Crippen molar-refractivity contribution in [1.82, 2.24) is 0 Å². The molecule has 222 valence electrons. The van der Waals surface area contributed by atoms with Gasteiger partial charge in [0.05, 0.1) is 12.2 Å². The van der Waals surface area contributed by atoms with Gasteiger partial charge in [0.25, 0.3) is 8.32 Å². The molecule has 10 heteroatoms. The molecule has 5 atom stereocenters. The van der Waals surface area contributed by atoms with Crippen molar-refractivity contribution in [3.8, 4) is 0 Å². The fourth-order valence-electron chi connectivity index (χ4n) is 5.66. The molecule has 3 unspecified atom stereocenters. The van der Waals surface area contributed by atoms with Crippen molar-refractivity contribution in [1.29, 1.82) is 0 Å². The van der Waals surface area contributed by atoms with E-state index in [9.17, 15) is 10.3 Å². The van der Waals surface area contributed by atoms with Crippen LogP contribution in [0.5, 0.6) is 0 Å². The van der Waals surface area contributed by atoms with Crippen LogP contribution in [0.4, 0.5) is 0 Å². The van der Waals surface area contributed by atoms with E-state index in [1.54, 1.807) is 24.3 Å². The van der Waals surface area contributed by atoms with Crippen LogP contribution in [0.25, 0.3) is 10.4 Å². The number of carbonyl (C=O) groups excluding carboxylic acids is 1. The molecule has 0 aliphatic carbocycles. The van der Waals surface area contributed by atoms with Crippen molar-refractivity contribution < 1.29 is 28.2 Å². The normalized spacial score (nSPS) is 22.6. The van der Waals surface area contributed by atoms with Crippen LogP contribution >= 0.6 is 0 Å². The number of rotatable bonds is 11. The first-order chi connectivity index (χ1) is 20.3. The summed E-state index contributed by atoms with van der Waals surface area (Å²) in [6.07, 6.45) is -3.47. The van der Waals surface area contributed by atoms with Gasteiger partial charge in [0.2, 0.25) is 0 Å². The van der Waals surface area contributed by atoms with E-state index in [0.717, 1.165) is 10.4 Å². The summed E-state index contributed by atoms with van der Waals surface area (Å²) < 4.78 is 31.3. The second-order valence-corrected chi connectivity index (χ2v) is 15.4. The van der Waals surface area contributed by atoms with Crippen molar-refractivity contribution in [2.75, 3.05) is 20.3 Å². The maximum atomic E-state index is 13.2. The topological polar surface area (TPSA) is 112 Å². The highest BCUT2D eigenvalue weighted by molar-refractivity contribution is 6.99. The molecule has 9 nitrogen and oxygen atoms in total. The van der Waals surface area contributed by atoms with Crippen molar-refractivity contribution in [2.24, 2.45) is 5.11 Å². The van der Waals surface area contributed by atoms with Gasteiger partial charge in [-0.05, 0) is 40.0 Å². The first-order valence-electron chi connectivity index (χ1n) is 14.1. The first-order valence-corrected chi connectivity index (χ1v) is 16.0. The van der Waals surface area contributed by atoms with Crippen LogP contribution in [0.15, 0.2) is 96.1 Å². The molecular formula is C32H39N3O6Si. The molecule has 0 aromatic heterocycles. The van der Waals surface area contributed by atoms with E-state index in [1.165, 1.54) is 7.11 Å². The zero-order valence-corrected chi connectivity index (χ0v) is 25.8. The number of carbonyl (C=O) groups is 1. The number of azide groups is 1. The third-order valence-corrected chi connectivity index (χ3v) is 12.5. The minimum Gasteiger partial charge on any atom is -0.455 e. The summed E-state index contributed by atoms with van der Waals surface area (Å²) in [6, 6.07) is 28.2. The number of hydrogen-bond donors (Lipinski definition) is 0. The molecule has 1 heterocycles. The summed E-state index contributed by atoms with van der Waals surface area (Å²) in [6.45, 7) is 8.82. The van der Waals surface area contributed by atoms with Crippen molar-refractivity contribution in [2.45, 2.75) is 63.4 Å². The van der Waals surface area contributed by atoms with Gasteiger partial charge in [-0.3, -0.25) is 0 Å². The Bertz CT molecular complexity index is 1290. The smallest absolute Gasteiger partial charge is 0.338 e. The van der Waals surface area contributed by atoms with E-state index in [-0.39, 0.29) is 11.6 Å². The quantitative estimate of drug-likeness (QED) is 0.0994. The summed E-state index contributed by atoms with van der Waals surface area (Å²) in [5.74, 6) is -0.565. The molecule has 1 aliphatic rings. The largest absolute Gasteiger partial charge is 0.455 e. The molecule has 1 aliphatic heterocycles. The third kappa shape index (κ3) is 6.60. The monoisotopic (exact) mass is 589 g/mol. The zero-order valence-electron chi connectivity index (χ0n) is 24.8. The molecule has 1 saturated heterocycles. The summed E-state index contributed by atoms with van der Waals surface area (Å²) in [5.41, 5.74) is 9.76. The van der Waals surface area contributed by atoms with Gasteiger partial charge in [0.15, 0.2) is 6.29 Å². The fourth-order valence-corrected chi connectivity index (χ4v) is 10.2. The Hall–Kier alpha value is -3.50. The Balaban J connectivity index is 1.74. The predicted octanol–water partition coefficient (Wildman–Crippen LogP) is 5.24. The molecule has 0 saturated carbocycles. The molecule has 0 radical (unpaired) electrons. The molecule has 3 aromatic rings. The summed E-state index contributed by atoms with van der Waals surface area (Å²) >= 11 is 0. The van der Waals surface area contributed by atoms with E-state index in [2.05, 4.69) is 55.1 Å². The van der Waals surface area contributed by atoms with Crippen LogP contribution in [0.1, 0.15) is 38.1 Å². The van der Waals surface area contributed by atoms with E-state index < -0.39 is 44.9 Å². The first kappa shape index (κ1) is 31.4. The average Bonchev–Trinajstić information content (AvgIpc) is 3.00. The molecule has 3 aromatic carbocycles. The Kier molecular flexibility index (Phi) is 10.6. The van der Waals surface area contributed by atoms with Crippen molar-refractivity contribution in [3.63, 3.8) is 0 Å². The van der Waals surface area contributed by atoms with Crippen LogP contribution in [-0.2, 0) is 23.4 Å². The van der Waals surface area contributed by atoms with Gasteiger partial charge >= 0.3 is 5.97 Å². The lowest BCUT2D eigenvalue weighted by Gasteiger charge is -2.47. The van der Waals surface area contributed by atoms with E-state index in [0.29, 0.717) is 12.2 Å². The van der Waals surface area contributed by atoms with Crippen molar-refractivity contribution in [3.05, 3.63) is 107 Å². The minimum absolute atomic E-state index is 0.123. The highest BCUT2D eigenvalue weighted by atomic mass is 28.4. The lowest BCUT2D eigenvalue weighted by molar-refractivity contribution is -0.267. The lowest BCUT2D eigenvalue weighted by atomic mass is 9.97. The minimum atomic E-state index is -2.92. The van der Waals surface area contributed by atoms with Gasteiger partial charge in [-0.15, -0.1) is 0 Å². The molecule has 0 N–H and O–H groups in total. The van der Waals surface area contributed by atoms with Gasteiger partial charge in [-0.2, -0.15) is 0 Å². The SMILES string of the molecule is CCOC1OC(CO[Si](c2ccccc2)(c2ccccc2)C(C)(C)C)[C@@H](OC)[C@H](OC(=O)c2ccccc2)C1N=[N+]=[N-]. The maximum absolute atomic E-state index is 13.2. The highest BCUT2D eigenvalue weighted by Gasteiger charge is 2.53. The zero-order chi connectivity index (χ0) is 30.2. The standard InChI is InChI=1S/C32H39N3O6Si/c1-6-38-31-27(34-35-33)29(41-30(36)23-16-10-7-11-17-23)28(37-5)26(40-31)22-39-42(32(2,3)4,24-18-12-8-13-19-24)25-20-14-9-15-21-25/h7-21,26-29,31H,6,22H2,1-5H3/t26?,27?,28-,29-,31?/m1/s1. The lowest BCUT2D eigenvalue weighted by Crippen LogP contribution is -2.68. The van der Waals surface area contributed by atoms with Crippen LogP contribution in [0, 0.1) is 0 Å². The fraction of sp³-hybridized carbons (Fsp3) is 0.406. The molecule has 1 fully saturated rings. The molecule has 42 heavy (non-hydrogen) atoms. The number of ether oxygens (including phenoxy) is 4. The highest BCUT2D eigenvalue weighted by Crippen LogP contribution is 2.38. The molecular weight excluding hydrogens is 550 g/mol. The van der Waals surface area contributed by atoms with Crippen LogP contribution in [0.3, 0.4) is 0 Å². The summed E-state index contributed by atoms with van der Waals surface area (Å²) in [5, 5.41) is 5.90.